The second-order valence-electron chi connectivity index (χ2n) is 10.4. The monoisotopic (exact) mass is 558 g/mol. The third kappa shape index (κ3) is 7.88. The van der Waals surface area contributed by atoms with Crippen LogP contribution in [-0.2, 0) is 24.3 Å². The molecule has 0 N–H and O–H groups in total. The van der Waals surface area contributed by atoms with Crippen molar-refractivity contribution in [3.05, 3.63) is 28.8 Å². The predicted molar refractivity (Wildman–Crippen MR) is 146 cm³/mol. The van der Waals surface area contributed by atoms with Crippen LogP contribution in [0.4, 0.5) is 0 Å². The summed E-state index contributed by atoms with van der Waals surface area (Å²) in [5, 5.41) is 0.226. The number of carbonyl (C=O) groups excluding carboxylic acids is 1. The summed E-state index contributed by atoms with van der Waals surface area (Å²) in [4.78, 5) is 19.6. The zero-order valence-corrected chi connectivity index (χ0v) is 24.4. The standard InChI is InChI=1S/C26H43ClN4O5S/c1-20(2)30(21(3)4)14-11-28-9-12-29(13-10-28)25(32)19-36-18-23-17-35-16-15-31(23)37(33,34)24-8-6-7-22(5)26(24)27/h6-8,20-21,23H,9-19H2,1-5H3/t23-/m0/s1. The highest BCUT2D eigenvalue weighted by atomic mass is 35.5. The molecule has 9 nitrogen and oxygen atoms in total. The summed E-state index contributed by atoms with van der Waals surface area (Å²) < 4.78 is 39.4. The zero-order chi connectivity index (χ0) is 27.2. The number of rotatable bonds is 11. The van der Waals surface area contributed by atoms with Crippen molar-refractivity contribution in [1.82, 2.24) is 19.0 Å². The summed E-state index contributed by atoms with van der Waals surface area (Å²) in [7, 11) is -3.83. The first-order valence-electron chi connectivity index (χ1n) is 13.2. The van der Waals surface area contributed by atoms with Crippen LogP contribution in [0.3, 0.4) is 0 Å². The van der Waals surface area contributed by atoms with Gasteiger partial charge in [0.15, 0.2) is 0 Å². The normalized spacial score (nSPS) is 20.4. The van der Waals surface area contributed by atoms with Crippen LogP contribution in [0.1, 0.15) is 33.3 Å². The molecule has 1 aromatic rings. The Hall–Kier alpha value is -1.27. The fraction of sp³-hybridized carbons (Fsp3) is 0.731. The summed E-state index contributed by atoms with van der Waals surface area (Å²) in [6.45, 7) is 16.4. The topological polar surface area (TPSA) is 82.6 Å². The third-order valence-electron chi connectivity index (χ3n) is 7.18. The van der Waals surface area contributed by atoms with Gasteiger partial charge in [-0.15, -0.1) is 0 Å². The van der Waals surface area contributed by atoms with Crippen LogP contribution in [-0.4, -0.2) is 124 Å². The Morgan fingerprint density at radius 1 is 1.14 bits per heavy atom. The smallest absolute Gasteiger partial charge is 0.248 e. The van der Waals surface area contributed by atoms with E-state index in [9.17, 15) is 13.2 Å². The number of nitrogens with zero attached hydrogens (tertiary/aromatic N) is 4. The highest BCUT2D eigenvalue weighted by Crippen LogP contribution is 2.29. The molecule has 3 rings (SSSR count). The average Bonchev–Trinajstić information content (AvgIpc) is 2.86. The molecular weight excluding hydrogens is 516 g/mol. The lowest BCUT2D eigenvalue weighted by Crippen LogP contribution is -2.53. The van der Waals surface area contributed by atoms with E-state index in [2.05, 4.69) is 37.5 Å². The van der Waals surface area contributed by atoms with Crippen molar-refractivity contribution in [2.75, 3.05) is 72.2 Å². The van der Waals surface area contributed by atoms with E-state index in [4.69, 9.17) is 21.1 Å². The van der Waals surface area contributed by atoms with Crippen LogP contribution < -0.4 is 0 Å². The summed E-state index contributed by atoms with van der Waals surface area (Å²) in [5.74, 6) is -0.0708. The van der Waals surface area contributed by atoms with Crippen LogP contribution in [0.15, 0.2) is 23.1 Å². The fourth-order valence-electron chi connectivity index (χ4n) is 5.00. The lowest BCUT2D eigenvalue weighted by molar-refractivity contribution is -0.138. The Kier molecular flexibility index (Phi) is 11.2. The van der Waals surface area contributed by atoms with E-state index in [1.54, 1.807) is 19.1 Å². The minimum absolute atomic E-state index is 0.0708. The average molecular weight is 559 g/mol. The van der Waals surface area contributed by atoms with Gasteiger partial charge in [-0.1, -0.05) is 23.7 Å². The Bertz CT molecular complexity index is 991. The van der Waals surface area contributed by atoms with Crippen molar-refractivity contribution in [2.24, 2.45) is 0 Å². The van der Waals surface area contributed by atoms with Crippen molar-refractivity contribution < 1.29 is 22.7 Å². The molecule has 11 heteroatoms. The fourth-order valence-corrected chi connectivity index (χ4v) is 7.14. The van der Waals surface area contributed by atoms with E-state index >= 15 is 0 Å². The molecule has 0 spiro atoms. The second-order valence-corrected chi connectivity index (χ2v) is 12.6. The Morgan fingerprint density at radius 2 is 1.81 bits per heavy atom. The predicted octanol–water partition coefficient (Wildman–Crippen LogP) is 2.32. The molecule has 1 amide bonds. The molecule has 210 valence electrons. The molecule has 2 heterocycles. The van der Waals surface area contributed by atoms with Crippen LogP contribution in [0.2, 0.25) is 5.02 Å². The molecule has 0 aromatic heterocycles. The van der Waals surface area contributed by atoms with Gasteiger partial charge in [0.1, 0.15) is 11.5 Å². The number of ether oxygens (including phenoxy) is 2. The number of benzene rings is 1. The molecule has 2 fully saturated rings. The summed E-state index contributed by atoms with van der Waals surface area (Å²) in [6, 6.07) is 5.47. The molecule has 1 atom stereocenters. The lowest BCUT2D eigenvalue weighted by Gasteiger charge is -2.37. The molecule has 0 bridgehead atoms. The van der Waals surface area contributed by atoms with E-state index in [-0.39, 0.29) is 42.2 Å². The number of morpholine rings is 1. The largest absolute Gasteiger partial charge is 0.378 e. The van der Waals surface area contributed by atoms with Gasteiger partial charge in [-0.2, -0.15) is 4.31 Å². The Labute approximate surface area is 227 Å². The van der Waals surface area contributed by atoms with Gasteiger partial charge in [0.25, 0.3) is 0 Å². The highest BCUT2D eigenvalue weighted by molar-refractivity contribution is 7.89. The third-order valence-corrected chi connectivity index (χ3v) is 9.79. The van der Waals surface area contributed by atoms with E-state index in [0.717, 1.165) is 26.2 Å². The van der Waals surface area contributed by atoms with Crippen LogP contribution >= 0.6 is 11.6 Å². The zero-order valence-electron chi connectivity index (χ0n) is 22.9. The van der Waals surface area contributed by atoms with Crippen LogP contribution in [0.25, 0.3) is 0 Å². The molecule has 0 aliphatic carbocycles. The van der Waals surface area contributed by atoms with E-state index in [1.165, 1.54) is 10.4 Å². The molecule has 0 radical (unpaired) electrons. The van der Waals surface area contributed by atoms with Gasteiger partial charge in [0.05, 0.1) is 30.9 Å². The second kappa shape index (κ2) is 13.7. The van der Waals surface area contributed by atoms with Crippen LogP contribution in [0, 0.1) is 6.92 Å². The summed E-state index contributed by atoms with van der Waals surface area (Å²) >= 11 is 6.33. The van der Waals surface area contributed by atoms with Crippen molar-refractivity contribution in [1.29, 1.82) is 0 Å². The number of sulfonamides is 1. The van der Waals surface area contributed by atoms with Gasteiger partial charge < -0.3 is 14.4 Å². The maximum absolute atomic E-state index is 13.4. The Balaban J connectivity index is 1.47. The van der Waals surface area contributed by atoms with Crippen LogP contribution in [0.5, 0.6) is 0 Å². The van der Waals surface area contributed by atoms with Crippen molar-refractivity contribution in [3.8, 4) is 0 Å². The van der Waals surface area contributed by atoms with Gasteiger partial charge in [0, 0.05) is 57.9 Å². The van der Waals surface area contributed by atoms with Gasteiger partial charge in [-0.05, 0) is 46.2 Å². The Morgan fingerprint density at radius 3 is 2.46 bits per heavy atom. The van der Waals surface area contributed by atoms with Gasteiger partial charge >= 0.3 is 0 Å². The van der Waals surface area contributed by atoms with Crippen molar-refractivity contribution >= 4 is 27.5 Å². The van der Waals surface area contributed by atoms with Crippen molar-refractivity contribution in [2.45, 2.75) is 57.6 Å². The quantitative estimate of drug-likeness (QED) is 0.412. The van der Waals surface area contributed by atoms with E-state index < -0.39 is 16.1 Å². The minimum atomic E-state index is -3.83. The SMILES string of the molecule is Cc1cccc(S(=O)(=O)N2CCOC[C@H]2COCC(=O)N2CCN(CCN(C(C)C)C(C)C)CC2)c1Cl. The van der Waals surface area contributed by atoms with Gasteiger partial charge in [0.2, 0.25) is 15.9 Å². The summed E-state index contributed by atoms with van der Waals surface area (Å²) in [6.07, 6.45) is 0. The van der Waals surface area contributed by atoms with Gasteiger partial charge in [-0.25, -0.2) is 8.42 Å². The number of hydrogen-bond donors (Lipinski definition) is 0. The molecule has 2 saturated heterocycles. The number of hydrogen-bond acceptors (Lipinski definition) is 7. The summed E-state index contributed by atoms with van der Waals surface area (Å²) in [5.41, 5.74) is 0.701. The lowest BCUT2D eigenvalue weighted by atomic mass is 10.2. The van der Waals surface area contributed by atoms with Crippen molar-refractivity contribution in [3.63, 3.8) is 0 Å². The minimum Gasteiger partial charge on any atom is -0.378 e. The number of piperazine rings is 1. The molecule has 0 unspecified atom stereocenters. The molecule has 0 saturated carbocycles. The maximum Gasteiger partial charge on any atom is 0.248 e. The highest BCUT2D eigenvalue weighted by Gasteiger charge is 2.36. The van der Waals surface area contributed by atoms with E-state index in [0.29, 0.717) is 37.3 Å². The molecular formula is C26H43ClN4O5S. The van der Waals surface area contributed by atoms with E-state index in [1.807, 2.05) is 4.90 Å². The van der Waals surface area contributed by atoms with Gasteiger partial charge in [-0.3, -0.25) is 14.6 Å². The molecule has 37 heavy (non-hydrogen) atoms. The first-order chi connectivity index (χ1) is 17.5. The maximum atomic E-state index is 13.4. The first kappa shape index (κ1) is 30.3. The molecule has 2 aliphatic rings. The number of halogens is 1. The molecule has 2 aliphatic heterocycles. The number of carbonyl (C=O) groups is 1. The number of amides is 1. The first-order valence-corrected chi connectivity index (χ1v) is 15.0. The number of aryl methyl sites for hydroxylation is 1. The molecule has 1 aromatic carbocycles.